The van der Waals surface area contributed by atoms with Crippen molar-refractivity contribution >= 4 is 35.1 Å². The Bertz CT molecular complexity index is 726. The van der Waals surface area contributed by atoms with Gasteiger partial charge in [-0.3, -0.25) is 4.79 Å². The third-order valence-electron chi connectivity index (χ3n) is 4.34. The quantitative estimate of drug-likeness (QED) is 0.866. The summed E-state index contributed by atoms with van der Waals surface area (Å²) < 4.78 is 0. The minimum atomic E-state index is -0.0433. The van der Waals surface area contributed by atoms with Crippen molar-refractivity contribution in [3.63, 3.8) is 0 Å². The molecule has 1 aliphatic rings. The van der Waals surface area contributed by atoms with Crippen LogP contribution in [0.25, 0.3) is 0 Å². The number of nitrogens with zero attached hydrogens (tertiary/aromatic N) is 3. The van der Waals surface area contributed by atoms with Crippen molar-refractivity contribution in [1.82, 2.24) is 15.3 Å². The molecule has 1 aromatic carbocycles. The molecule has 1 aliphatic heterocycles. The second kappa shape index (κ2) is 8.50. The third kappa shape index (κ3) is 4.83. The lowest BCUT2D eigenvalue weighted by atomic mass is 9.97. The SMILES string of the molecule is O=C(NCCc1ccc(Cl)cc1Cl)[C@@H]1CCCN(c2ncccn2)C1. The van der Waals surface area contributed by atoms with Gasteiger partial charge in [0, 0.05) is 42.1 Å². The molecule has 0 saturated carbocycles. The molecule has 0 aliphatic carbocycles. The molecule has 1 saturated heterocycles. The van der Waals surface area contributed by atoms with E-state index in [1.54, 1.807) is 24.5 Å². The van der Waals surface area contributed by atoms with Gasteiger partial charge in [0.2, 0.25) is 11.9 Å². The zero-order chi connectivity index (χ0) is 17.6. The summed E-state index contributed by atoms with van der Waals surface area (Å²) in [6.07, 6.45) is 5.97. The minimum Gasteiger partial charge on any atom is -0.355 e. The van der Waals surface area contributed by atoms with Gasteiger partial charge in [-0.1, -0.05) is 29.3 Å². The Hall–Kier alpha value is -1.85. The van der Waals surface area contributed by atoms with Crippen LogP contribution in [0.3, 0.4) is 0 Å². The molecule has 0 bridgehead atoms. The molecule has 1 fully saturated rings. The van der Waals surface area contributed by atoms with E-state index < -0.39 is 0 Å². The lowest BCUT2D eigenvalue weighted by Crippen LogP contribution is -2.44. The van der Waals surface area contributed by atoms with E-state index in [1.807, 2.05) is 12.1 Å². The maximum absolute atomic E-state index is 12.5. The first-order chi connectivity index (χ1) is 12.1. The van der Waals surface area contributed by atoms with E-state index in [0.717, 1.165) is 24.9 Å². The van der Waals surface area contributed by atoms with Crippen LogP contribution in [0.1, 0.15) is 18.4 Å². The number of anilines is 1. The van der Waals surface area contributed by atoms with Crippen molar-refractivity contribution in [3.8, 4) is 0 Å². The summed E-state index contributed by atoms with van der Waals surface area (Å²) in [6, 6.07) is 7.22. The highest BCUT2D eigenvalue weighted by atomic mass is 35.5. The zero-order valence-corrected chi connectivity index (χ0v) is 15.3. The Morgan fingerprint density at radius 3 is 2.84 bits per heavy atom. The van der Waals surface area contributed by atoms with Gasteiger partial charge < -0.3 is 10.2 Å². The van der Waals surface area contributed by atoms with Crippen LogP contribution in [-0.2, 0) is 11.2 Å². The second-order valence-electron chi connectivity index (χ2n) is 6.11. The lowest BCUT2D eigenvalue weighted by Gasteiger charge is -2.31. The molecule has 1 N–H and O–H groups in total. The van der Waals surface area contributed by atoms with Gasteiger partial charge in [0.15, 0.2) is 0 Å². The van der Waals surface area contributed by atoms with Gasteiger partial charge in [-0.2, -0.15) is 0 Å². The molecule has 132 valence electrons. The van der Waals surface area contributed by atoms with Crippen LogP contribution in [-0.4, -0.2) is 35.5 Å². The number of halogens is 2. The first-order valence-electron chi connectivity index (χ1n) is 8.37. The van der Waals surface area contributed by atoms with E-state index in [4.69, 9.17) is 23.2 Å². The number of hydrogen-bond donors (Lipinski definition) is 1. The molecule has 0 unspecified atom stereocenters. The summed E-state index contributed by atoms with van der Waals surface area (Å²) in [5.41, 5.74) is 0.981. The summed E-state index contributed by atoms with van der Waals surface area (Å²) in [4.78, 5) is 23.1. The van der Waals surface area contributed by atoms with E-state index in [2.05, 4.69) is 20.2 Å². The molecule has 0 radical (unpaired) electrons. The number of piperidine rings is 1. The Kier molecular flexibility index (Phi) is 6.10. The molecule has 1 amide bonds. The second-order valence-corrected chi connectivity index (χ2v) is 6.95. The standard InChI is InChI=1S/C18H20Cl2N4O/c19-15-5-4-13(16(20)11-15)6-9-21-17(25)14-3-1-10-24(12-14)18-22-7-2-8-23-18/h2,4-5,7-8,11,14H,1,3,6,9-10,12H2,(H,21,25)/t14-/m1/s1. The maximum Gasteiger partial charge on any atom is 0.225 e. The average Bonchev–Trinajstić information content (AvgIpc) is 2.64. The van der Waals surface area contributed by atoms with Crippen LogP contribution in [0.2, 0.25) is 10.0 Å². The summed E-state index contributed by atoms with van der Waals surface area (Å²) in [6.45, 7) is 2.09. The molecule has 3 rings (SSSR count). The van der Waals surface area contributed by atoms with Crippen molar-refractivity contribution < 1.29 is 4.79 Å². The van der Waals surface area contributed by atoms with Crippen LogP contribution in [0.15, 0.2) is 36.7 Å². The number of nitrogens with one attached hydrogen (secondary N) is 1. The number of carbonyl (C=O) groups excluding carboxylic acids is 1. The fourth-order valence-electron chi connectivity index (χ4n) is 3.02. The number of hydrogen-bond acceptors (Lipinski definition) is 4. The Labute approximate surface area is 157 Å². The minimum absolute atomic E-state index is 0.0433. The smallest absolute Gasteiger partial charge is 0.225 e. The predicted molar refractivity (Wildman–Crippen MR) is 100 cm³/mol. The molecule has 25 heavy (non-hydrogen) atoms. The molecular weight excluding hydrogens is 359 g/mol. The van der Waals surface area contributed by atoms with Gasteiger partial charge in [-0.05, 0) is 43.0 Å². The predicted octanol–water partition coefficient (Wildman–Crippen LogP) is 3.36. The molecule has 0 spiro atoms. The van der Waals surface area contributed by atoms with E-state index in [1.165, 1.54) is 0 Å². The first kappa shape index (κ1) is 18.0. The number of rotatable bonds is 5. The van der Waals surface area contributed by atoms with Crippen LogP contribution in [0.4, 0.5) is 5.95 Å². The zero-order valence-electron chi connectivity index (χ0n) is 13.8. The van der Waals surface area contributed by atoms with E-state index >= 15 is 0 Å². The third-order valence-corrected chi connectivity index (χ3v) is 4.92. The molecule has 7 heteroatoms. The van der Waals surface area contributed by atoms with Gasteiger partial charge >= 0.3 is 0 Å². The molecule has 5 nitrogen and oxygen atoms in total. The highest BCUT2D eigenvalue weighted by Crippen LogP contribution is 2.22. The first-order valence-corrected chi connectivity index (χ1v) is 9.12. The summed E-state index contributed by atoms with van der Waals surface area (Å²) in [5, 5.41) is 4.26. The van der Waals surface area contributed by atoms with Crippen molar-refractivity contribution in [2.75, 3.05) is 24.5 Å². The van der Waals surface area contributed by atoms with Crippen molar-refractivity contribution in [2.45, 2.75) is 19.3 Å². The number of carbonyl (C=O) groups is 1. The van der Waals surface area contributed by atoms with Gasteiger partial charge in [0.25, 0.3) is 0 Å². The Morgan fingerprint density at radius 2 is 2.08 bits per heavy atom. The molecule has 1 aromatic heterocycles. The summed E-state index contributed by atoms with van der Waals surface area (Å²) in [5.74, 6) is 0.719. The highest BCUT2D eigenvalue weighted by Gasteiger charge is 2.26. The van der Waals surface area contributed by atoms with Gasteiger partial charge in [-0.15, -0.1) is 0 Å². The summed E-state index contributed by atoms with van der Waals surface area (Å²) in [7, 11) is 0. The monoisotopic (exact) mass is 378 g/mol. The molecule has 2 heterocycles. The van der Waals surface area contributed by atoms with Crippen LogP contribution >= 0.6 is 23.2 Å². The van der Waals surface area contributed by atoms with Crippen molar-refractivity contribution in [3.05, 3.63) is 52.3 Å². The van der Waals surface area contributed by atoms with E-state index in [0.29, 0.717) is 35.5 Å². The topological polar surface area (TPSA) is 58.1 Å². The largest absolute Gasteiger partial charge is 0.355 e. The van der Waals surface area contributed by atoms with E-state index in [-0.39, 0.29) is 11.8 Å². The highest BCUT2D eigenvalue weighted by molar-refractivity contribution is 6.35. The maximum atomic E-state index is 12.5. The lowest BCUT2D eigenvalue weighted by molar-refractivity contribution is -0.125. The molecular formula is C18H20Cl2N4O. The van der Waals surface area contributed by atoms with Crippen LogP contribution in [0, 0.1) is 5.92 Å². The van der Waals surface area contributed by atoms with Gasteiger partial charge in [0.1, 0.15) is 0 Å². The molecule has 1 atom stereocenters. The normalized spacial score (nSPS) is 17.4. The van der Waals surface area contributed by atoms with E-state index in [9.17, 15) is 4.79 Å². The Balaban J connectivity index is 1.51. The van der Waals surface area contributed by atoms with Gasteiger partial charge in [0.05, 0.1) is 5.92 Å². The fraction of sp³-hybridized carbons (Fsp3) is 0.389. The molecule has 2 aromatic rings. The average molecular weight is 379 g/mol. The van der Waals surface area contributed by atoms with Crippen LogP contribution in [0.5, 0.6) is 0 Å². The fourth-order valence-corrected chi connectivity index (χ4v) is 3.52. The van der Waals surface area contributed by atoms with Gasteiger partial charge in [-0.25, -0.2) is 9.97 Å². The van der Waals surface area contributed by atoms with Crippen molar-refractivity contribution in [1.29, 1.82) is 0 Å². The van der Waals surface area contributed by atoms with Crippen LogP contribution < -0.4 is 10.2 Å². The number of aromatic nitrogens is 2. The van der Waals surface area contributed by atoms with Crippen molar-refractivity contribution in [2.24, 2.45) is 5.92 Å². The Morgan fingerprint density at radius 1 is 1.28 bits per heavy atom. The number of benzene rings is 1. The summed E-state index contributed by atoms with van der Waals surface area (Å²) >= 11 is 12.1. The number of amides is 1.